The Morgan fingerprint density at radius 3 is 2.21 bits per heavy atom. The molecule has 0 aliphatic heterocycles. The third kappa shape index (κ3) is 5.25. The minimum atomic E-state index is -0.323. The molecular formula is C23H22FN3O2. The molecule has 0 saturated carbocycles. The van der Waals surface area contributed by atoms with E-state index in [9.17, 15) is 14.0 Å². The van der Waals surface area contributed by atoms with E-state index in [-0.39, 0.29) is 17.6 Å². The zero-order chi connectivity index (χ0) is 20.8. The number of aromatic nitrogens is 1. The molecule has 0 aliphatic rings. The van der Waals surface area contributed by atoms with Crippen LogP contribution in [0.4, 0.5) is 10.1 Å². The van der Waals surface area contributed by atoms with Gasteiger partial charge in [-0.15, -0.1) is 0 Å². The summed E-state index contributed by atoms with van der Waals surface area (Å²) in [6.45, 7) is 4.24. The zero-order valence-electron chi connectivity index (χ0n) is 16.3. The van der Waals surface area contributed by atoms with Crippen molar-refractivity contribution in [2.24, 2.45) is 0 Å². The molecule has 2 amide bonds. The van der Waals surface area contributed by atoms with Crippen LogP contribution in [0.5, 0.6) is 0 Å². The van der Waals surface area contributed by atoms with Gasteiger partial charge in [-0.1, -0.05) is 30.3 Å². The van der Waals surface area contributed by atoms with Crippen molar-refractivity contribution < 1.29 is 14.0 Å². The van der Waals surface area contributed by atoms with Crippen molar-refractivity contribution in [1.29, 1.82) is 0 Å². The number of benzene rings is 2. The highest BCUT2D eigenvalue weighted by atomic mass is 19.1. The fourth-order valence-electron chi connectivity index (χ4n) is 2.96. The van der Waals surface area contributed by atoms with E-state index < -0.39 is 0 Å². The van der Waals surface area contributed by atoms with Crippen LogP contribution in [-0.2, 0) is 6.42 Å². The van der Waals surface area contributed by atoms with Crippen LogP contribution in [-0.4, -0.2) is 23.3 Å². The zero-order valence-corrected chi connectivity index (χ0v) is 16.3. The van der Waals surface area contributed by atoms with Crippen LogP contribution in [0.3, 0.4) is 0 Å². The van der Waals surface area contributed by atoms with E-state index in [1.807, 2.05) is 32.0 Å². The van der Waals surface area contributed by atoms with Gasteiger partial charge in [0.05, 0.1) is 11.1 Å². The first-order chi connectivity index (χ1) is 13.9. The van der Waals surface area contributed by atoms with Crippen LogP contribution in [0.15, 0.2) is 60.9 Å². The van der Waals surface area contributed by atoms with Crippen molar-refractivity contribution in [2.75, 3.05) is 11.9 Å². The molecule has 2 N–H and O–H groups in total. The number of halogens is 1. The van der Waals surface area contributed by atoms with Crippen molar-refractivity contribution in [1.82, 2.24) is 10.3 Å². The quantitative estimate of drug-likeness (QED) is 0.666. The molecule has 1 aromatic heterocycles. The number of anilines is 1. The van der Waals surface area contributed by atoms with Crippen LogP contribution in [0.2, 0.25) is 0 Å². The number of carbonyl (C=O) groups excluding carboxylic acids is 2. The van der Waals surface area contributed by atoms with Crippen LogP contribution < -0.4 is 10.6 Å². The van der Waals surface area contributed by atoms with Gasteiger partial charge in [-0.2, -0.15) is 0 Å². The standard InChI is InChI=1S/C23H22FN3O2/c1-15-4-3-5-16(2)21(15)27-23(29)19-12-18(13-25-14-19)22(28)26-11-10-17-6-8-20(24)9-7-17/h3-9,12-14H,10-11H2,1-2H3,(H,26,28)(H,27,29). The Bertz CT molecular complexity index is 1010. The Hall–Kier alpha value is -3.54. The van der Waals surface area contributed by atoms with Crippen molar-refractivity contribution >= 4 is 17.5 Å². The van der Waals surface area contributed by atoms with Crippen LogP contribution >= 0.6 is 0 Å². The van der Waals surface area contributed by atoms with Gasteiger partial charge < -0.3 is 10.6 Å². The van der Waals surface area contributed by atoms with E-state index in [1.54, 1.807) is 12.1 Å². The summed E-state index contributed by atoms with van der Waals surface area (Å²) in [6.07, 6.45) is 3.42. The monoisotopic (exact) mass is 391 g/mol. The van der Waals surface area contributed by atoms with E-state index >= 15 is 0 Å². The van der Waals surface area contributed by atoms with Crippen LogP contribution in [0.1, 0.15) is 37.4 Å². The second kappa shape index (κ2) is 9.10. The summed E-state index contributed by atoms with van der Waals surface area (Å²) in [5.41, 5.74) is 4.21. The van der Waals surface area contributed by atoms with Crippen molar-refractivity contribution in [3.05, 3.63) is 94.6 Å². The number of pyridine rings is 1. The molecule has 0 saturated heterocycles. The smallest absolute Gasteiger partial charge is 0.257 e. The molecular weight excluding hydrogens is 369 g/mol. The predicted octanol–water partition coefficient (Wildman–Crippen LogP) is 4.06. The maximum absolute atomic E-state index is 12.9. The molecule has 6 heteroatoms. The van der Waals surface area contributed by atoms with E-state index in [0.29, 0.717) is 24.1 Å². The summed E-state index contributed by atoms with van der Waals surface area (Å²) in [6, 6.07) is 13.4. The fraction of sp³-hybridized carbons (Fsp3) is 0.174. The van der Waals surface area contributed by atoms with Crippen molar-refractivity contribution in [3.63, 3.8) is 0 Å². The summed E-state index contributed by atoms with van der Waals surface area (Å²) < 4.78 is 12.9. The molecule has 3 aromatic rings. The molecule has 0 fully saturated rings. The van der Waals surface area contributed by atoms with Gasteiger partial charge >= 0.3 is 0 Å². The molecule has 0 spiro atoms. The number of hydrogen-bond donors (Lipinski definition) is 2. The normalized spacial score (nSPS) is 10.4. The van der Waals surface area contributed by atoms with Crippen molar-refractivity contribution in [2.45, 2.75) is 20.3 Å². The fourth-order valence-corrected chi connectivity index (χ4v) is 2.96. The van der Waals surface area contributed by atoms with E-state index in [4.69, 9.17) is 0 Å². The Kier molecular flexibility index (Phi) is 6.34. The largest absolute Gasteiger partial charge is 0.352 e. The average molecular weight is 391 g/mol. The first-order valence-corrected chi connectivity index (χ1v) is 9.29. The van der Waals surface area contributed by atoms with E-state index in [2.05, 4.69) is 15.6 Å². The second-order valence-corrected chi connectivity index (χ2v) is 6.82. The Labute approximate surface area is 169 Å². The van der Waals surface area contributed by atoms with Crippen molar-refractivity contribution in [3.8, 4) is 0 Å². The molecule has 2 aromatic carbocycles. The highest BCUT2D eigenvalue weighted by molar-refractivity contribution is 6.06. The predicted molar refractivity (Wildman–Crippen MR) is 111 cm³/mol. The molecule has 3 rings (SSSR count). The minimum absolute atomic E-state index is 0.292. The number of amides is 2. The lowest BCUT2D eigenvalue weighted by Gasteiger charge is -2.12. The number of carbonyl (C=O) groups is 2. The van der Waals surface area contributed by atoms with Gasteiger partial charge in [0.25, 0.3) is 11.8 Å². The number of rotatable bonds is 6. The first kappa shape index (κ1) is 20.2. The lowest BCUT2D eigenvalue weighted by atomic mass is 10.1. The highest BCUT2D eigenvalue weighted by Crippen LogP contribution is 2.20. The SMILES string of the molecule is Cc1cccc(C)c1NC(=O)c1cncc(C(=O)NCCc2ccc(F)cc2)c1. The Morgan fingerprint density at radius 2 is 1.55 bits per heavy atom. The molecule has 1 heterocycles. The third-order valence-electron chi connectivity index (χ3n) is 4.59. The number of hydrogen-bond acceptors (Lipinski definition) is 3. The molecule has 5 nitrogen and oxygen atoms in total. The summed E-state index contributed by atoms with van der Waals surface area (Å²) >= 11 is 0. The molecule has 0 aliphatic carbocycles. The van der Waals surface area contributed by atoms with Crippen LogP contribution in [0, 0.1) is 19.7 Å². The van der Waals surface area contributed by atoms with E-state index in [0.717, 1.165) is 22.4 Å². The first-order valence-electron chi connectivity index (χ1n) is 9.29. The molecule has 0 atom stereocenters. The van der Waals surface area contributed by atoms with Gasteiger partial charge in [-0.3, -0.25) is 14.6 Å². The minimum Gasteiger partial charge on any atom is -0.352 e. The van der Waals surface area contributed by atoms with Gasteiger partial charge in [0.1, 0.15) is 5.82 Å². The highest BCUT2D eigenvalue weighted by Gasteiger charge is 2.13. The van der Waals surface area contributed by atoms with Gasteiger partial charge in [-0.05, 0) is 55.2 Å². The molecule has 0 bridgehead atoms. The summed E-state index contributed by atoms with van der Waals surface area (Å²) in [5.74, 6) is -0.933. The molecule has 29 heavy (non-hydrogen) atoms. The average Bonchev–Trinajstić information content (AvgIpc) is 2.72. The van der Waals surface area contributed by atoms with Gasteiger partial charge in [-0.25, -0.2) is 4.39 Å². The summed E-state index contributed by atoms with van der Waals surface area (Å²) in [5, 5.41) is 5.68. The number of nitrogens with one attached hydrogen (secondary N) is 2. The Balaban J connectivity index is 1.63. The van der Waals surface area contributed by atoms with E-state index in [1.165, 1.54) is 30.6 Å². The topological polar surface area (TPSA) is 71.1 Å². The lowest BCUT2D eigenvalue weighted by molar-refractivity contribution is 0.0953. The van der Waals surface area contributed by atoms with Gasteiger partial charge in [0.2, 0.25) is 0 Å². The van der Waals surface area contributed by atoms with Gasteiger partial charge in [0, 0.05) is 24.6 Å². The number of para-hydroxylation sites is 1. The second-order valence-electron chi connectivity index (χ2n) is 6.82. The van der Waals surface area contributed by atoms with Gasteiger partial charge in [0.15, 0.2) is 0 Å². The molecule has 148 valence electrons. The summed E-state index contributed by atoms with van der Waals surface area (Å²) in [7, 11) is 0. The molecule has 0 unspecified atom stereocenters. The molecule has 0 radical (unpaired) electrons. The lowest BCUT2D eigenvalue weighted by Crippen LogP contribution is -2.26. The van der Waals surface area contributed by atoms with Crippen LogP contribution in [0.25, 0.3) is 0 Å². The third-order valence-corrected chi connectivity index (χ3v) is 4.59. The maximum Gasteiger partial charge on any atom is 0.257 e. The maximum atomic E-state index is 12.9. The summed E-state index contributed by atoms with van der Waals surface area (Å²) in [4.78, 5) is 29.0. The number of aryl methyl sites for hydroxylation is 2. The number of nitrogens with zero attached hydrogens (tertiary/aromatic N) is 1. The Morgan fingerprint density at radius 1 is 0.931 bits per heavy atom.